The average molecular weight is 280 g/mol. The number of ether oxygens (including phenoxy) is 4. The van der Waals surface area contributed by atoms with Crippen molar-refractivity contribution < 1.29 is 46.1 Å². The third-order valence-electron chi connectivity index (χ3n) is 0.939. The van der Waals surface area contributed by atoms with E-state index in [2.05, 4.69) is 18.9 Å². The largest absolute Gasteiger partial charge is 0.512 e. The number of carbonyl (C=O) groups is 2. The van der Waals surface area contributed by atoms with E-state index in [1.165, 1.54) is 0 Å². The summed E-state index contributed by atoms with van der Waals surface area (Å²) in [7, 11) is 0. The summed E-state index contributed by atoms with van der Waals surface area (Å²) in [5.74, 6) is 0. The van der Waals surface area contributed by atoms with Crippen LogP contribution in [0.1, 0.15) is 0 Å². The second-order valence-corrected chi connectivity index (χ2v) is 2.08. The highest BCUT2D eigenvalue weighted by Gasteiger charge is 2.01. The minimum Gasteiger partial charge on any atom is -0.432 e. The number of hydrogen-bond donors (Lipinski definition) is 0. The zero-order chi connectivity index (χ0) is 14.2. The number of rotatable bonds is 6. The number of carbonyl (C=O) groups excluding carboxylic acids is 2. The van der Waals surface area contributed by atoms with Crippen LogP contribution in [-0.2, 0) is 18.9 Å². The molecule has 10 heteroatoms. The van der Waals surface area contributed by atoms with Crippen LogP contribution in [0.5, 0.6) is 0 Å². The van der Waals surface area contributed by atoms with E-state index in [1.54, 1.807) is 0 Å². The summed E-state index contributed by atoms with van der Waals surface area (Å²) in [5, 5.41) is 0. The molecular weight excluding hydrogens is 268 g/mol. The van der Waals surface area contributed by atoms with Crippen LogP contribution >= 0.6 is 0 Å². The van der Waals surface area contributed by atoms with Crippen LogP contribution < -0.4 is 0 Å². The molecule has 18 heavy (non-hydrogen) atoms. The molecule has 0 aliphatic carbocycles. The Kier molecular flexibility index (Phi) is 15.8. The molecule has 0 bridgehead atoms. The van der Waals surface area contributed by atoms with Gasteiger partial charge in [0.25, 0.3) is 0 Å². The molecule has 0 fully saturated rings. The molecule has 0 saturated heterocycles. The van der Waals surface area contributed by atoms with E-state index in [1.807, 2.05) is 0 Å². The third kappa shape index (κ3) is 16.7. The van der Waals surface area contributed by atoms with E-state index in [-0.39, 0.29) is 13.2 Å². The van der Waals surface area contributed by atoms with Gasteiger partial charge in [0.2, 0.25) is 13.7 Å². The van der Waals surface area contributed by atoms with Gasteiger partial charge in [-0.1, -0.05) is 0 Å². The molecule has 0 heterocycles. The van der Waals surface area contributed by atoms with Crippen molar-refractivity contribution >= 4 is 12.3 Å². The second kappa shape index (κ2) is 15.3. The van der Waals surface area contributed by atoms with Crippen molar-refractivity contribution in [1.29, 1.82) is 0 Å². The fourth-order valence-corrected chi connectivity index (χ4v) is 0.416. The van der Waals surface area contributed by atoms with Gasteiger partial charge < -0.3 is 18.9 Å². The molecule has 6 nitrogen and oxygen atoms in total. The Bertz CT molecular complexity index is 198. The van der Waals surface area contributed by atoms with Gasteiger partial charge in [-0.15, -0.1) is 0 Å². The van der Waals surface area contributed by atoms with E-state index in [0.29, 0.717) is 0 Å². The van der Waals surface area contributed by atoms with Crippen LogP contribution in [0.4, 0.5) is 27.2 Å². The molecule has 0 amide bonds. The van der Waals surface area contributed by atoms with Gasteiger partial charge in [0.1, 0.15) is 26.6 Å². The topological polar surface area (TPSA) is 71.1 Å². The molecule has 0 aromatic heterocycles. The summed E-state index contributed by atoms with van der Waals surface area (Å²) >= 11 is 0. The molecule has 0 spiro atoms. The lowest BCUT2D eigenvalue weighted by Crippen LogP contribution is -2.10. The summed E-state index contributed by atoms with van der Waals surface area (Å²) in [4.78, 5) is 19.9. The van der Waals surface area contributed by atoms with Gasteiger partial charge in [0.05, 0.1) is 0 Å². The van der Waals surface area contributed by atoms with Gasteiger partial charge in [-0.05, 0) is 0 Å². The van der Waals surface area contributed by atoms with Crippen LogP contribution in [0.3, 0.4) is 0 Å². The highest BCUT2D eigenvalue weighted by atomic mass is 19.1. The monoisotopic (exact) mass is 280 g/mol. The van der Waals surface area contributed by atoms with E-state index in [0.717, 1.165) is 0 Å². The molecule has 0 radical (unpaired) electrons. The fourth-order valence-electron chi connectivity index (χ4n) is 0.416. The molecule has 0 rings (SSSR count). The highest BCUT2D eigenvalue weighted by molar-refractivity contribution is 5.59. The minimum absolute atomic E-state index is 0.342. The number of halogens is 4. The standard InChI is InChI=1S/C5H8F2O3.C3H4F2O3/c6-1-3-9-5(8)10-4-2-7;4-1-7-3(6)8-2-5/h1-4H2;1-2H2. The van der Waals surface area contributed by atoms with E-state index < -0.39 is 39.4 Å². The van der Waals surface area contributed by atoms with Crippen molar-refractivity contribution in [3.63, 3.8) is 0 Å². The zero-order valence-electron chi connectivity index (χ0n) is 9.20. The Morgan fingerprint density at radius 1 is 0.667 bits per heavy atom. The lowest BCUT2D eigenvalue weighted by atomic mass is 10.8. The van der Waals surface area contributed by atoms with Crippen molar-refractivity contribution in [2.45, 2.75) is 0 Å². The van der Waals surface area contributed by atoms with Crippen LogP contribution in [0, 0.1) is 0 Å². The minimum atomic E-state index is -1.34. The lowest BCUT2D eigenvalue weighted by molar-refractivity contribution is 0.00507. The Morgan fingerprint density at radius 2 is 1.00 bits per heavy atom. The summed E-state index contributed by atoms with van der Waals surface area (Å²) in [6.45, 7) is -4.79. The molecule has 0 atom stereocenters. The molecule has 0 aromatic carbocycles. The van der Waals surface area contributed by atoms with Crippen molar-refractivity contribution in [3.05, 3.63) is 0 Å². The average Bonchev–Trinajstić information content (AvgIpc) is 2.35. The smallest absolute Gasteiger partial charge is 0.432 e. The first-order valence-electron chi connectivity index (χ1n) is 4.45. The summed E-state index contributed by atoms with van der Waals surface area (Å²) < 4.78 is 59.6. The molecular formula is C8H12F4O6. The van der Waals surface area contributed by atoms with Gasteiger partial charge in [0, 0.05) is 0 Å². The summed E-state index contributed by atoms with van der Waals surface area (Å²) in [6.07, 6.45) is -2.37. The number of hydrogen-bond acceptors (Lipinski definition) is 6. The predicted molar refractivity (Wildman–Crippen MR) is 48.8 cm³/mol. The highest BCUT2D eigenvalue weighted by Crippen LogP contribution is 1.85. The Balaban J connectivity index is 0. The van der Waals surface area contributed by atoms with E-state index in [9.17, 15) is 27.2 Å². The predicted octanol–water partition coefficient (Wildman–Crippen LogP) is 2.07. The Morgan fingerprint density at radius 3 is 1.28 bits per heavy atom. The SMILES string of the molecule is O=C(OCCF)OCCF.O=C(OCF)OCF. The molecule has 0 aliphatic heterocycles. The van der Waals surface area contributed by atoms with Crippen molar-refractivity contribution in [2.75, 3.05) is 40.3 Å². The van der Waals surface area contributed by atoms with Crippen molar-refractivity contribution in [1.82, 2.24) is 0 Å². The van der Waals surface area contributed by atoms with Crippen LogP contribution in [0.25, 0.3) is 0 Å². The third-order valence-corrected chi connectivity index (χ3v) is 0.939. The fraction of sp³-hybridized carbons (Fsp3) is 0.750. The normalized spacial score (nSPS) is 8.67. The molecule has 108 valence electrons. The quantitative estimate of drug-likeness (QED) is 0.548. The maximum Gasteiger partial charge on any atom is 0.512 e. The van der Waals surface area contributed by atoms with E-state index >= 15 is 0 Å². The molecule has 0 aromatic rings. The molecule has 0 saturated carbocycles. The van der Waals surface area contributed by atoms with Crippen molar-refractivity contribution in [2.24, 2.45) is 0 Å². The first-order chi connectivity index (χ1) is 8.62. The van der Waals surface area contributed by atoms with Crippen LogP contribution in [0.15, 0.2) is 0 Å². The van der Waals surface area contributed by atoms with Gasteiger partial charge in [-0.3, -0.25) is 0 Å². The van der Waals surface area contributed by atoms with Crippen LogP contribution in [0.2, 0.25) is 0 Å². The Labute approximate surface area is 99.7 Å². The first kappa shape index (κ1) is 18.6. The zero-order valence-corrected chi connectivity index (χ0v) is 9.20. The maximum absolute atomic E-state index is 11.3. The van der Waals surface area contributed by atoms with Crippen LogP contribution in [-0.4, -0.2) is 52.6 Å². The van der Waals surface area contributed by atoms with Gasteiger partial charge in [0.15, 0.2) is 0 Å². The van der Waals surface area contributed by atoms with E-state index in [4.69, 9.17) is 0 Å². The Hall–Kier alpha value is -1.74. The number of alkyl halides is 4. The molecule has 0 unspecified atom stereocenters. The molecule has 0 aliphatic rings. The summed E-state index contributed by atoms with van der Waals surface area (Å²) in [5.41, 5.74) is 0. The molecule has 0 N–H and O–H groups in total. The van der Waals surface area contributed by atoms with Gasteiger partial charge >= 0.3 is 12.3 Å². The summed E-state index contributed by atoms with van der Waals surface area (Å²) in [6, 6.07) is 0. The second-order valence-electron chi connectivity index (χ2n) is 2.08. The lowest BCUT2D eigenvalue weighted by Gasteiger charge is -2.00. The maximum atomic E-state index is 11.3. The first-order valence-corrected chi connectivity index (χ1v) is 4.45. The van der Waals surface area contributed by atoms with Gasteiger partial charge in [-0.2, -0.15) is 0 Å². The van der Waals surface area contributed by atoms with Gasteiger partial charge in [-0.25, -0.2) is 27.2 Å². The van der Waals surface area contributed by atoms with Crippen molar-refractivity contribution in [3.8, 4) is 0 Å².